The largest absolute Gasteiger partial charge is 0.395 e. The minimum Gasteiger partial charge on any atom is -0.395 e. The molecule has 0 bridgehead atoms. The highest BCUT2D eigenvalue weighted by atomic mass is 32.2. The first-order valence-corrected chi connectivity index (χ1v) is 7.46. The molecule has 0 spiro atoms. The van der Waals surface area contributed by atoms with E-state index in [1.807, 2.05) is 11.8 Å². The van der Waals surface area contributed by atoms with Gasteiger partial charge in [-0.3, -0.25) is 4.90 Å². The predicted molar refractivity (Wildman–Crippen MR) is 68.5 cm³/mol. The number of aliphatic hydroxyl groups excluding tert-OH is 1. The Hall–Kier alpha value is 0.270. The van der Waals surface area contributed by atoms with Gasteiger partial charge in [-0.15, -0.1) is 0 Å². The summed E-state index contributed by atoms with van der Waals surface area (Å²) in [5, 5.41) is 9.05. The van der Waals surface area contributed by atoms with E-state index in [-0.39, 0.29) is 0 Å². The molecule has 1 N–H and O–H groups in total. The van der Waals surface area contributed by atoms with Crippen molar-refractivity contribution in [1.82, 2.24) is 4.90 Å². The van der Waals surface area contributed by atoms with Crippen LogP contribution >= 0.6 is 11.8 Å². The molecule has 0 amide bonds. The van der Waals surface area contributed by atoms with Gasteiger partial charge in [-0.05, 0) is 37.3 Å². The lowest BCUT2D eigenvalue weighted by molar-refractivity contribution is 0.152. The zero-order valence-electron chi connectivity index (χ0n) is 9.95. The molecule has 0 aromatic heterocycles. The van der Waals surface area contributed by atoms with Crippen LogP contribution in [0.3, 0.4) is 0 Å². The molecular formula is C12H25NOS. The number of nitrogens with zero attached hydrogens (tertiary/aromatic N) is 1. The first-order valence-electron chi connectivity index (χ1n) is 6.31. The third-order valence-electron chi connectivity index (χ3n) is 3.17. The average Bonchev–Trinajstić information content (AvgIpc) is 2.76. The first-order chi connectivity index (χ1) is 7.38. The highest BCUT2D eigenvalue weighted by Gasteiger charge is 2.21. The number of aliphatic hydroxyl groups is 1. The van der Waals surface area contributed by atoms with Crippen LogP contribution in [-0.2, 0) is 0 Å². The fourth-order valence-corrected chi connectivity index (χ4v) is 3.01. The van der Waals surface area contributed by atoms with Gasteiger partial charge in [0.2, 0.25) is 0 Å². The second-order valence-electron chi connectivity index (χ2n) is 4.25. The first kappa shape index (κ1) is 13.3. The fraction of sp³-hybridized carbons (Fsp3) is 1.00. The minimum atomic E-state index is 0.317. The zero-order chi connectivity index (χ0) is 10.9. The Balaban J connectivity index is 2.17. The van der Waals surface area contributed by atoms with E-state index in [2.05, 4.69) is 11.8 Å². The molecule has 0 heterocycles. The van der Waals surface area contributed by atoms with Crippen LogP contribution < -0.4 is 0 Å². The molecule has 1 fully saturated rings. The molecular weight excluding hydrogens is 206 g/mol. The van der Waals surface area contributed by atoms with Crippen LogP contribution in [0.25, 0.3) is 0 Å². The summed E-state index contributed by atoms with van der Waals surface area (Å²) in [4.78, 5) is 2.50. The number of thioether (sulfide) groups is 1. The molecule has 0 aromatic carbocycles. The van der Waals surface area contributed by atoms with Gasteiger partial charge in [0.05, 0.1) is 6.61 Å². The standard InChI is InChI=1S/C12H25NOS/c1-2-15-11-5-8-13(9-10-14)12-6-3-4-7-12/h12,14H,2-11H2,1H3. The van der Waals surface area contributed by atoms with Crippen LogP contribution in [-0.4, -0.2) is 47.3 Å². The van der Waals surface area contributed by atoms with Gasteiger partial charge in [-0.1, -0.05) is 19.8 Å². The van der Waals surface area contributed by atoms with E-state index in [0.29, 0.717) is 6.61 Å². The van der Waals surface area contributed by atoms with Gasteiger partial charge in [-0.2, -0.15) is 11.8 Å². The summed E-state index contributed by atoms with van der Waals surface area (Å²) in [6.45, 7) is 4.59. The molecule has 1 aliphatic rings. The Morgan fingerprint density at radius 1 is 1.27 bits per heavy atom. The van der Waals surface area contributed by atoms with Crippen molar-refractivity contribution in [3.8, 4) is 0 Å². The molecule has 3 heteroatoms. The maximum Gasteiger partial charge on any atom is 0.0558 e. The van der Waals surface area contributed by atoms with Gasteiger partial charge in [0.1, 0.15) is 0 Å². The van der Waals surface area contributed by atoms with Crippen LogP contribution in [0.1, 0.15) is 39.0 Å². The highest BCUT2D eigenvalue weighted by molar-refractivity contribution is 7.99. The van der Waals surface area contributed by atoms with E-state index in [4.69, 9.17) is 5.11 Å². The lowest BCUT2D eigenvalue weighted by Crippen LogP contribution is -2.36. The van der Waals surface area contributed by atoms with Crippen LogP contribution in [0.15, 0.2) is 0 Å². The van der Waals surface area contributed by atoms with E-state index in [0.717, 1.165) is 12.6 Å². The molecule has 0 saturated heterocycles. The third-order valence-corrected chi connectivity index (χ3v) is 4.15. The lowest BCUT2D eigenvalue weighted by atomic mass is 10.2. The molecule has 0 radical (unpaired) electrons. The van der Waals surface area contributed by atoms with Crippen molar-refractivity contribution in [2.75, 3.05) is 31.2 Å². The molecule has 0 aliphatic heterocycles. The molecule has 90 valence electrons. The Labute approximate surface area is 98.4 Å². The number of hydrogen-bond acceptors (Lipinski definition) is 3. The quantitative estimate of drug-likeness (QED) is 0.649. The van der Waals surface area contributed by atoms with Crippen molar-refractivity contribution in [3.63, 3.8) is 0 Å². The third kappa shape index (κ3) is 5.23. The van der Waals surface area contributed by atoms with Crippen molar-refractivity contribution in [3.05, 3.63) is 0 Å². The van der Waals surface area contributed by atoms with E-state index < -0.39 is 0 Å². The maximum atomic E-state index is 9.05. The molecule has 1 saturated carbocycles. The zero-order valence-corrected chi connectivity index (χ0v) is 10.8. The Morgan fingerprint density at radius 3 is 2.60 bits per heavy atom. The van der Waals surface area contributed by atoms with Crippen molar-refractivity contribution in [2.45, 2.75) is 45.1 Å². The normalized spacial score (nSPS) is 17.8. The number of hydrogen-bond donors (Lipinski definition) is 1. The molecule has 1 rings (SSSR count). The Bertz CT molecular complexity index is 149. The van der Waals surface area contributed by atoms with Gasteiger partial charge in [0.15, 0.2) is 0 Å². The second kappa shape index (κ2) is 8.43. The van der Waals surface area contributed by atoms with Crippen molar-refractivity contribution in [1.29, 1.82) is 0 Å². The fourth-order valence-electron chi connectivity index (χ4n) is 2.39. The minimum absolute atomic E-state index is 0.317. The lowest BCUT2D eigenvalue weighted by Gasteiger charge is -2.27. The second-order valence-corrected chi connectivity index (χ2v) is 5.64. The molecule has 0 atom stereocenters. The van der Waals surface area contributed by atoms with Gasteiger partial charge >= 0.3 is 0 Å². The van der Waals surface area contributed by atoms with Crippen molar-refractivity contribution in [2.24, 2.45) is 0 Å². The van der Waals surface area contributed by atoms with E-state index in [9.17, 15) is 0 Å². The highest BCUT2D eigenvalue weighted by Crippen LogP contribution is 2.23. The topological polar surface area (TPSA) is 23.5 Å². The summed E-state index contributed by atoms with van der Waals surface area (Å²) in [7, 11) is 0. The van der Waals surface area contributed by atoms with Crippen LogP contribution in [0.4, 0.5) is 0 Å². The van der Waals surface area contributed by atoms with Crippen molar-refractivity contribution >= 4 is 11.8 Å². The molecule has 1 aliphatic carbocycles. The average molecular weight is 231 g/mol. The van der Waals surface area contributed by atoms with Crippen LogP contribution in [0.5, 0.6) is 0 Å². The molecule has 0 aromatic rings. The van der Waals surface area contributed by atoms with Crippen LogP contribution in [0.2, 0.25) is 0 Å². The molecule has 2 nitrogen and oxygen atoms in total. The van der Waals surface area contributed by atoms with Gasteiger partial charge in [0.25, 0.3) is 0 Å². The maximum absolute atomic E-state index is 9.05. The van der Waals surface area contributed by atoms with E-state index >= 15 is 0 Å². The van der Waals surface area contributed by atoms with Crippen molar-refractivity contribution < 1.29 is 5.11 Å². The van der Waals surface area contributed by atoms with Crippen LogP contribution in [0, 0.1) is 0 Å². The summed E-state index contributed by atoms with van der Waals surface area (Å²) in [6.07, 6.45) is 6.74. The van der Waals surface area contributed by atoms with E-state index in [1.54, 1.807) is 0 Å². The van der Waals surface area contributed by atoms with Gasteiger partial charge in [-0.25, -0.2) is 0 Å². The summed E-state index contributed by atoms with van der Waals surface area (Å²) in [5.41, 5.74) is 0. The Kier molecular flexibility index (Phi) is 7.49. The SMILES string of the molecule is CCSCCCN(CCO)C1CCCC1. The summed E-state index contributed by atoms with van der Waals surface area (Å²) in [6, 6.07) is 0.767. The summed E-state index contributed by atoms with van der Waals surface area (Å²) < 4.78 is 0. The summed E-state index contributed by atoms with van der Waals surface area (Å²) in [5.74, 6) is 2.49. The monoisotopic (exact) mass is 231 g/mol. The number of rotatable bonds is 8. The molecule has 15 heavy (non-hydrogen) atoms. The molecule has 0 unspecified atom stereocenters. The summed E-state index contributed by atoms with van der Waals surface area (Å²) >= 11 is 2.02. The predicted octanol–water partition coefficient (Wildman–Crippen LogP) is 2.37. The Morgan fingerprint density at radius 2 is 2.00 bits per heavy atom. The van der Waals surface area contributed by atoms with Gasteiger partial charge in [0, 0.05) is 12.6 Å². The van der Waals surface area contributed by atoms with Gasteiger partial charge < -0.3 is 5.11 Å². The smallest absolute Gasteiger partial charge is 0.0558 e. The van der Waals surface area contributed by atoms with E-state index in [1.165, 1.54) is 50.2 Å².